The Labute approximate surface area is 131 Å². The second-order valence-electron chi connectivity index (χ2n) is 5.92. The number of amides is 1. The van der Waals surface area contributed by atoms with Crippen LogP contribution in [0.4, 0.5) is 0 Å². The molecule has 2 aromatic carbocycles. The van der Waals surface area contributed by atoms with E-state index in [0.29, 0.717) is 18.8 Å². The molecule has 1 atom stereocenters. The van der Waals surface area contributed by atoms with Crippen molar-refractivity contribution in [1.82, 2.24) is 5.32 Å². The molecule has 22 heavy (non-hydrogen) atoms. The maximum absolute atomic E-state index is 12.3. The van der Waals surface area contributed by atoms with Crippen molar-refractivity contribution in [3.63, 3.8) is 0 Å². The Bertz CT molecular complexity index is 635. The highest BCUT2D eigenvalue weighted by molar-refractivity contribution is 5.77. The van der Waals surface area contributed by atoms with Crippen molar-refractivity contribution in [2.75, 3.05) is 0 Å². The van der Waals surface area contributed by atoms with Gasteiger partial charge in [0.25, 0.3) is 0 Å². The summed E-state index contributed by atoms with van der Waals surface area (Å²) >= 11 is 0. The average Bonchev–Trinajstić information content (AvgIpc) is 3.37. The van der Waals surface area contributed by atoms with Crippen molar-refractivity contribution in [2.24, 2.45) is 5.92 Å². The molecule has 1 saturated carbocycles. The predicted molar refractivity (Wildman–Crippen MR) is 86.5 cm³/mol. The van der Waals surface area contributed by atoms with Crippen LogP contribution in [0, 0.1) is 5.92 Å². The van der Waals surface area contributed by atoms with Crippen molar-refractivity contribution in [3.8, 4) is 5.75 Å². The highest BCUT2D eigenvalue weighted by Crippen LogP contribution is 2.41. The minimum atomic E-state index is 0.0454. The highest BCUT2D eigenvalue weighted by Gasteiger charge is 2.33. The lowest BCUT2D eigenvalue weighted by molar-refractivity contribution is -0.122. The fourth-order valence-corrected chi connectivity index (χ4v) is 2.78. The largest absolute Gasteiger partial charge is 0.508 e. The second-order valence-corrected chi connectivity index (χ2v) is 5.92. The molecule has 0 aliphatic heterocycles. The summed E-state index contributed by atoms with van der Waals surface area (Å²) in [5, 5.41) is 12.9. The molecule has 114 valence electrons. The molecule has 3 rings (SSSR count). The van der Waals surface area contributed by atoms with Crippen LogP contribution in [0.5, 0.6) is 5.75 Å². The maximum Gasteiger partial charge on any atom is 0.220 e. The Hall–Kier alpha value is -2.29. The molecule has 0 saturated heterocycles. The number of nitrogens with one attached hydrogen (secondary N) is 1. The third-order valence-corrected chi connectivity index (χ3v) is 4.18. The quantitative estimate of drug-likeness (QED) is 0.855. The van der Waals surface area contributed by atoms with Crippen molar-refractivity contribution in [2.45, 2.75) is 31.7 Å². The smallest absolute Gasteiger partial charge is 0.220 e. The van der Waals surface area contributed by atoms with Crippen LogP contribution in [0.1, 0.15) is 36.4 Å². The number of aromatic hydroxyl groups is 1. The molecule has 2 aromatic rings. The van der Waals surface area contributed by atoms with E-state index in [1.165, 1.54) is 18.4 Å². The third kappa shape index (κ3) is 3.67. The van der Waals surface area contributed by atoms with Gasteiger partial charge in [-0.05, 0) is 42.4 Å². The maximum atomic E-state index is 12.3. The van der Waals surface area contributed by atoms with E-state index in [9.17, 15) is 9.90 Å². The number of para-hydroxylation sites is 1. The molecule has 1 aliphatic carbocycles. The monoisotopic (exact) mass is 295 g/mol. The van der Waals surface area contributed by atoms with Crippen molar-refractivity contribution in [3.05, 3.63) is 65.7 Å². The molecule has 1 unspecified atom stereocenters. The van der Waals surface area contributed by atoms with Crippen LogP contribution in [0.15, 0.2) is 54.6 Å². The molecular weight excluding hydrogens is 274 g/mol. The van der Waals surface area contributed by atoms with Gasteiger partial charge in [0.2, 0.25) is 5.91 Å². The van der Waals surface area contributed by atoms with E-state index >= 15 is 0 Å². The lowest BCUT2D eigenvalue weighted by Crippen LogP contribution is -2.30. The van der Waals surface area contributed by atoms with Crippen LogP contribution in [0.2, 0.25) is 0 Å². The molecule has 1 amide bonds. The summed E-state index contributed by atoms with van der Waals surface area (Å²) in [6.07, 6.45) is 3.32. The van der Waals surface area contributed by atoms with Crippen LogP contribution in [-0.4, -0.2) is 11.0 Å². The summed E-state index contributed by atoms with van der Waals surface area (Å²) in [5.74, 6) is 0.873. The van der Waals surface area contributed by atoms with Gasteiger partial charge in [0, 0.05) is 6.42 Å². The number of hydrogen-bond donors (Lipinski definition) is 2. The summed E-state index contributed by atoms with van der Waals surface area (Å²) in [4.78, 5) is 12.3. The highest BCUT2D eigenvalue weighted by atomic mass is 16.3. The first-order chi connectivity index (χ1) is 10.7. The Kier molecular flexibility index (Phi) is 4.42. The van der Waals surface area contributed by atoms with E-state index in [1.54, 1.807) is 12.1 Å². The number of carbonyl (C=O) groups is 1. The first kappa shape index (κ1) is 14.6. The first-order valence-electron chi connectivity index (χ1n) is 7.85. The number of carbonyl (C=O) groups excluding carboxylic acids is 1. The standard InChI is InChI=1S/C19H21NO2/c21-17-9-5-4-6-14(17)12-13-18(22)20-19(16-10-11-16)15-7-2-1-3-8-15/h1-9,16,19,21H,10-13H2,(H,20,22). The number of hydrogen-bond acceptors (Lipinski definition) is 2. The van der Waals surface area contributed by atoms with Crippen molar-refractivity contribution >= 4 is 5.91 Å². The molecule has 3 heteroatoms. The van der Waals surface area contributed by atoms with Gasteiger partial charge < -0.3 is 10.4 Å². The fourth-order valence-electron chi connectivity index (χ4n) is 2.78. The zero-order chi connectivity index (χ0) is 15.4. The SMILES string of the molecule is O=C(CCc1ccccc1O)NC(c1ccccc1)C1CC1. The lowest BCUT2D eigenvalue weighted by atomic mass is 10.0. The molecule has 1 fully saturated rings. The molecule has 1 aliphatic rings. The number of benzene rings is 2. The van der Waals surface area contributed by atoms with Crippen molar-refractivity contribution in [1.29, 1.82) is 0 Å². The molecule has 0 radical (unpaired) electrons. The molecular formula is C19H21NO2. The molecule has 2 N–H and O–H groups in total. The Morgan fingerprint density at radius 2 is 1.77 bits per heavy atom. The summed E-state index contributed by atoms with van der Waals surface area (Å²) in [6.45, 7) is 0. The number of phenols is 1. The van der Waals surface area contributed by atoms with Gasteiger partial charge >= 0.3 is 0 Å². The first-order valence-corrected chi connectivity index (χ1v) is 7.85. The zero-order valence-corrected chi connectivity index (χ0v) is 12.5. The van der Waals surface area contributed by atoms with Gasteiger partial charge in [-0.2, -0.15) is 0 Å². The normalized spacial score (nSPS) is 15.3. The van der Waals surface area contributed by atoms with Crippen molar-refractivity contribution < 1.29 is 9.90 Å². The summed E-state index contributed by atoms with van der Waals surface area (Å²) in [7, 11) is 0. The van der Waals surface area contributed by atoms with Crippen LogP contribution < -0.4 is 5.32 Å². The van der Waals surface area contributed by atoms with Crippen LogP contribution in [0.3, 0.4) is 0 Å². The van der Waals surface area contributed by atoms with E-state index in [4.69, 9.17) is 0 Å². The van der Waals surface area contributed by atoms with E-state index in [1.807, 2.05) is 30.3 Å². The Morgan fingerprint density at radius 3 is 2.45 bits per heavy atom. The fraction of sp³-hybridized carbons (Fsp3) is 0.316. The van der Waals surface area contributed by atoms with Crippen LogP contribution >= 0.6 is 0 Å². The third-order valence-electron chi connectivity index (χ3n) is 4.18. The summed E-state index contributed by atoms with van der Waals surface area (Å²) < 4.78 is 0. The molecule has 3 nitrogen and oxygen atoms in total. The van der Waals surface area contributed by atoms with Gasteiger partial charge in [-0.1, -0.05) is 48.5 Å². The van der Waals surface area contributed by atoms with Gasteiger partial charge in [-0.25, -0.2) is 0 Å². The van der Waals surface area contributed by atoms with Gasteiger partial charge in [0.1, 0.15) is 5.75 Å². The summed E-state index contributed by atoms with van der Waals surface area (Å²) in [6, 6.07) is 17.5. The summed E-state index contributed by atoms with van der Waals surface area (Å²) in [5.41, 5.74) is 2.00. The molecule has 0 aromatic heterocycles. The van der Waals surface area contributed by atoms with Gasteiger partial charge in [-0.3, -0.25) is 4.79 Å². The number of rotatable bonds is 6. The van der Waals surface area contributed by atoms with Gasteiger partial charge in [-0.15, -0.1) is 0 Å². The zero-order valence-electron chi connectivity index (χ0n) is 12.5. The van der Waals surface area contributed by atoms with Crippen LogP contribution in [-0.2, 0) is 11.2 Å². The van der Waals surface area contributed by atoms with E-state index in [2.05, 4.69) is 17.4 Å². The lowest BCUT2D eigenvalue weighted by Gasteiger charge is -2.19. The Balaban J connectivity index is 1.59. The minimum Gasteiger partial charge on any atom is -0.508 e. The Morgan fingerprint density at radius 1 is 1.09 bits per heavy atom. The molecule has 0 bridgehead atoms. The molecule has 0 spiro atoms. The van der Waals surface area contributed by atoms with E-state index in [-0.39, 0.29) is 17.7 Å². The number of phenolic OH excluding ortho intramolecular Hbond substituents is 1. The van der Waals surface area contributed by atoms with Gasteiger partial charge in [0.05, 0.1) is 6.04 Å². The van der Waals surface area contributed by atoms with Gasteiger partial charge in [0.15, 0.2) is 0 Å². The van der Waals surface area contributed by atoms with Crippen LogP contribution in [0.25, 0.3) is 0 Å². The second kappa shape index (κ2) is 6.65. The minimum absolute atomic E-state index is 0.0454. The van der Waals surface area contributed by atoms with E-state index in [0.717, 1.165) is 5.56 Å². The topological polar surface area (TPSA) is 49.3 Å². The average molecular weight is 295 g/mol. The molecule has 0 heterocycles. The predicted octanol–water partition coefficient (Wildman–Crippen LogP) is 3.59. The number of aryl methyl sites for hydroxylation is 1. The van der Waals surface area contributed by atoms with E-state index < -0.39 is 0 Å².